The summed E-state index contributed by atoms with van der Waals surface area (Å²) < 4.78 is 13.2. The second kappa shape index (κ2) is 9.08. The first-order valence-corrected chi connectivity index (χ1v) is 15.7. The average molecular weight is 552 g/mol. The highest BCUT2D eigenvalue weighted by atomic mass is 79.9. The molecule has 0 spiro atoms. The lowest BCUT2D eigenvalue weighted by molar-refractivity contribution is -0.162. The van der Waals surface area contributed by atoms with Crippen LogP contribution in [-0.2, 0) is 14.3 Å². The van der Waals surface area contributed by atoms with E-state index in [1.54, 1.807) is 0 Å². The monoisotopic (exact) mass is 550 g/mol. The zero-order chi connectivity index (χ0) is 25.5. The molecule has 0 amide bonds. The summed E-state index contributed by atoms with van der Waals surface area (Å²) in [4.78, 5) is 14.1. The van der Waals surface area contributed by atoms with Crippen molar-refractivity contribution in [2.45, 2.75) is 130 Å². The van der Waals surface area contributed by atoms with E-state index in [1.807, 2.05) is 0 Å². The number of hydrogen-bond acceptors (Lipinski definition) is 3. The summed E-state index contributed by atoms with van der Waals surface area (Å²) in [6, 6.07) is 0. The Labute approximate surface area is 223 Å². The van der Waals surface area contributed by atoms with Crippen molar-refractivity contribution in [3.05, 3.63) is 0 Å². The van der Waals surface area contributed by atoms with Crippen molar-refractivity contribution in [1.29, 1.82) is 0 Å². The van der Waals surface area contributed by atoms with Crippen LogP contribution in [0.2, 0.25) is 0 Å². The summed E-state index contributed by atoms with van der Waals surface area (Å²) in [5.74, 6) is 4.55. The minimum atomic E-state index is -0.503. The first-order chi connectivity index (χ1) is 16.3. The smallest absolute Gasteiger partial charge is 0.163 e. The molecule has 1 heterocycles. The van der Waals surface area contributed by atoms with Gasteiger partial charge in [0.25, 0.3) is 0 Å². The Balaban J connectivity index is 1.39. The van der Waals surface area contributed by atoms with Crippen molar-refractivity contribution in [3.8, 4) is 0 Å². The van der Waals surface area contributed by atoms with E-state index in [2.05, 4.69) is 71.3 Å². The fraction of sp³-hybridized carbons (Fsp3) is 0.968. The molecule has 0 radical (unpaired) electrons. The maximum Gasteiger partial charge on any atom is 0.163 e. The minimum Gasteiger partial charge on any atom is -0.344 e. The lowest BCUT2D eigenvalue weighted by Crippen LogP contribution is -2.57. The molecule has 0 bridgehead atoms. The molecule has 0 aromatic heterocycles. The Kier molecular flexibility index (Phi) is 6.92. The van der Waals surface area contributed by atoms with Crippen LogP contribution < -0.4 is 0 Å². The fourth-order valence-corrected chi connectivity index (χ4v) is 10.7. The Morgan fingerprint density at radius 2 is 1.49 bits per heavy atom. The molecule has 5 aliphatic rings. The Morgan fingerprint density at radius 1 is 0.857 bits per heavy atom. The van der Waals surface area contributed by atoms with Gasteiger partial charge in [0.2, 0.25) is 0 Å². The highest BCUT2D eigenvalue weighted by Gasteiger charge is 2.63. The number of alkyl halides is 1. The van der Waals surface area contributed by atoms with Crippen molar-refractivity contribution in [2.24, 2.45) is 58.2 Å². The number of hydrogen-bond donors (Lipinski definition) is 0. The van der Waals surface area contributed by atoms with Gasteiger partial charge in [-0.05, 0) is 111 Å². The van der Waals surface area contributed by atoms with Crippen LogP contribution in [0.3, 0.4) is 0 Å². The normalized spacial score (nSPS) is 51.0. The topological polar surface area (TPSA) is 35.5 Å². The minimum absolute atomic E-state index is 0.157. The number of Topliss-reactive ketones (excluding diaryl/α,β-unsaturated/α-hetero) is 1. The van der Waals surface area contributed by atoms with Gasteiger partial charge in [-0.2, -0.15) is 0 Å². The van der Waals surface area contributed by atoms with Crippen LogP contribution in [0.5, 0.6) is 0 Å². The molecule has 4 heteroatoms. The van der Waals surface area contributed by atoms with E-state index in [0.717, 1.165) is 18.8 Å². The average Bonchev–Trinajstić information content (AvgIpc) is 3.30. The predicted molar refractivity (Wildman–Crippen MR) is 145 cm³/mol. The highest BCUT2D eigenvalue weighted by Crippen LogP contribution is 2.68. The number of halogens is 1. The molecule has 0 aromatic carbocycles. The Hall–Kier alpha value is 0.0700. The van der Waals surface area contributed by atoms with Crippen LogP contribution in [0.15, 0.2) is 0 Å². The first kappa shape index (κ1) is 26.7. The lowest BCUT2D eigenvalue weighted by atomic mass is 9.44. The van der Waals surface area contributed by atoms with E-state index >= 15 is 0 Å². The molecular weight excluding hydrogens is 500 g/mol. The molecule has 0 N–H and O–H groups in total. The predicted octanol–water partition coefficient (Wildman–Crippen LogP) is 8.04. The molecule has 4 aliphatic carbocycles. The van der Waals surface area contributed by atoms with Gasteiger partial charge in [-0.1, -0.05) is 57.5 Å². The molecule has 4 saturated carbocycles. The molecule has 1 saturated heterocycles. The van der Waals surface area contributed by atoms with Crippen molar-refractivity contribution in [1.82, 2.24) is 0 Å². The van der Waals surface area contributed by atoms with E-state index < -0.39 is 5.79 Å². The Bertz CT molecular complexity index is 824. The second-order valence-corrected chi connectivity index (χ2v) is 16.0. The van der Waals surface area contributed by atoms with E-state index in [1.165, 1.54) is 38.5 Å². The summed E-state index contributed by atoms with van der Waals surface area (Å²) in [5.41, 5.74) is 0.540. The fourth-order valence-electron chi connectivity index (χ4n) is 10.1. The van der Waals surface area contributed by atoms with Gasteiger partial charge in [-0.25, -0.2) is 0 Å². The van der Waals surface area contributed by atoms with Crippen molar-refractivity contribution in [3.63, 3.8) is 0 Å². The van der Waals surface area contributed by atoms with Crippen molar-refractivity contribution >= 4 is 21.7 Å². The van der Waals surface area contributed by atoms with Gasteiger partial charge in [0.1, 0.15) is 5.78 Å². The third kappa shape index (κ3) is 4.22. The van der Waals surface area contributed by atoms with Crippen LogP contribution in [-0.4, -0.2) is 28.6 Å². The number of ether oxygens (including phenoxy) is 2. The molecule has 0 unspecified atom stereocenters. The molecule has 5 fully saturated rings. The van der Waals surface area contributed by atoms with E-state index in [4.69, 9.17) is 9.47 Å². The Morgan fingerprint density at radius 3 is 2.17 bits per heavy atom. The highest BCUT2D eigenvalue weighted by molar-refractivity contribution is 9.09. The summed E-state index contributed by atoms with van der Waals surface area (Å²) in [5, 5.41) is 0. The molecule has 200 valence electrons. The standard InChI is InChI=1S/C31H51BrO3/c1-17(2)18(3)27-28(35-29(5,6)34-27)19(4)22-9-10-23-21-16-26(33)25-15-20(32)11-13-31(25,8)24(21)12-14-30(22,23)7/h17-25,27-28H,9-16H2,1-8H3/t18-,19+,20+,21+,22-,23+,24+,25-,27-,28-,30-,31-/m1/s1. The van der Waals surface area contributed by atoms with Gasteiger partial charge < -0.3 is 9.47 Å². The maximum absolute atomic E-state index is 13.5. The number of carbonyl (C=O) groups excluding carboxylic acids is 1. The van der Waals surface area contributed by atoms with Gasteiger partial charge in [0.05, 0.1) is 12.2 Å². The van der Waals surface area contributed by atoms with E-state index in [0.29, 0.717) is 51.5 Å². The third-order valence-electron chi connectivity index (χ3n) is 12.4. The summed E-state index contributed by atoms with van der Waals surface area (Å²) in [6.07, 6.45) is 9.89. The molecule has 5 rings (SSSR count). The van der Waals surface area contributed by atoms with E-state index in [-0.39, 0.29) is 23.5 Å². The molecule has 35 heavy (non-hydrogen) atoms. The number of rotatable bonds is 4. The number of ketones is 1. The number of carbonyl (C=O) groups is 1. The maximum atomic E-state index is 13.5. The quantitative estimate of drug-likeness (QED) is 0.332. The van der Waals surface area contributed by atoms with Gasteiger partial charge >= 0.3 is 0 Å². The largest absolute Gasteiger partial charge is 0.344 e. The van der Waals surface area contributed by atoms with Crippen LogP contribution in [0.4, 0.5) is 0 Å². The number of fused-ring (bicyclic) bond motifs is 5. The van der Waals surface area contributed by atoms with Gasteiger partial charge in [0.15, 0.2) is 5.79 Å². The molecule has 3 nitrogen and oxygen atoms in total. The van der Waals surface area contributed by atoms with E-state index in [9.17, 15) is 4.79 Å². The SMILES string of the molecule is CC(C)[C@@H](C)[C@H]1OC(C)(C)O[C@@H]1[C@@H](C)[C@H]1CC[C@H]2[C@@H]3CC(=O)[C@H]4C[C@@H](Br)CC[C@]4(C)[C@H]3CC[C@]12C. The second-order valence-electron chi connectivity index (χ2n) is 14.7. The summed E-state index contributed by atoms with van der Waals surface area (Å²) >= 11 is 3.86. The van der Waals surface area contributed by atoms with Crippen molar-refractivity contribution < 1.29 is 14.3 Å². The molecule has 12 atom stereocenters. The summed E-state index contributed by atoms with van der Waals surface area (Å²) in [6.45, 7) is 18.7. The molecular formula is C31H51BrO3. The van der Waals surface area contributed by atoms with Crippen LogP contribution in [0.1, 0.15) is 107 Å². The van der Waals surface area contributed by atoms with Gasteiger partial charge in [0, 0.05) is 17.2 Å². The summed E-state index contributed by atoms with van der Waals surface area (Å²) in [7, 11) is 0. The molecule has 0 aromatic rings. The first-order valence-electron chi connectivity index (χ1n) is 14.8. The van der Waals surface area contributed by atoms with Crippen molar-refractivity contribution in [2.75, 3.05) is 0 Å². The van der Waals surface area contributed by atoms with Crippen LogP contribution >= 0.6 is 15.9 Å². The van der Waals surface area contributed by atoms with Crippen LogP contribution in [0.25, 0.3) is 0 Å². The van der Waals surface area contributed by atoms with Gasteiger partial charge in [-0.15, -0.1) is 0 Å². The molecule has 1 aliphatic heterocycles. The third-order valence-corrected chi connectivity index (χ3v) is 13.2. The lowest BCUT2D eigenvalue weighted by Gasteiger charge is -2.60. The van der Waals surface area contributed by atoms with Crippen LogP contribution in [0, 0.1) is 58.2 Å². The zero-order valence-electron chi connectivity index (χ0n) is 23.6. The zero-order valence-corrected chi connectivity index (χ0v) is 25.2. The van der Waals surface area contributed by atoms with Gasteiger partial charge in [-0.3, -0.25) is 4.79 Å².